The number of hydrogen-bond donors (Lipinski definition) is 2. The van der Waals surface area contributed by atoms with Crippen LogP contribution in [0.1, 0.15) is 16.7 Å². The van der Waals surface area contributed by atoms with E-state index in [4.69, 9.17) is 0 Å². The van der Waals surface area contributed by atoms with Gasteiger partial charge in [0.05, 0.1) is 0 Å². The van der Waals surface area contributed by atoms with Gasteiger partial charge in [0.2, 0.25) is 0 Å². The second-order valence-corrected chi connectivity index (χ2v) is 5.27. The number of hydrogen-bond acceptors (Lipinski definition) is 2. The smallest absolute Gasteiger partial charge is 0.0489 e. The maximum atomic E-state index is 3.44. The van der Waals surface area contributed by atoms with Gasteiger partial charge in [-0.2, -0.15) is 0 Å². The highest BCUT2D eigenvalue weighted by Crippen LogP contribution is 2.24. The van der Waals surface area contributed by atoms with E-state index in [2.05, 4.69) is 47.4 Å². The number of fused-ring (bicyclic) bond motifs is 1. The quantitative estimate of drug-likeness (QED) is 0.847. The Kier molecular flexibility index (Phi) is 3.10. The van der Waals surface area contributed by atoms with E-state index in [-0.39, 0.29) is 0 Å². The molecule has 0 atom stereocenters. The van der Waals surface area contributed by atoms with Gasteiger partial charge in [0.15, 0.2) is 0 Å². The fourth-order valence-corrected chi connectivity index (χ4v) is 2.75. The first-order valence-electron chi connectivity index (χ1n) is 6.75. The predicted octanol–water partition coefficient (Wildman–Crippen LogP) is 2.19. The minimum Gasteiger partial charge on any atom is -0.361 e. The summed E-state index contributed by atoms with van der Waals surface area (Å²) in [7, 11) is 0. The van der Waals surface area contributed by atoms with Gasteiger partial charge in [-0.1, -0.05) is 12.1 Å². The molecule has 0 spiro atoms. The summed E-state index contributed by atoms with van der Waals surface area (Å²) in [6, 6.07) is 4.48. The van der Waals surface area contributed by atoms with Crippen molar-refractivity contribution in [1.82, 2.24) is 15.2 Å². The molecule has 0 radical (unpaired) electrons. The van der Waals surface area contributed by atoms with E-state index in [0.29, 0.717) is 0 Å². The third kappa shape index (κ3) is 2.04. The summed E-state index contributed by atoms with van der Waals surface area (Å²) in [6.07, 6.45) is 2.18. The molecule has 0 amide bonds. The lowest BCUT2D eigenvalue weighted by Gasteiger charge is -2.26. The summed E-state index contributed by atoms with van der Waals surface area (Å²) >= 11 is 0. The number of piperazine rings is 1. The van der Waals surface area contributed by atoms with Crippen LogP contribution in [0.5, 0.6) is 0 Å². The number of nitrogens with one attached hydrogen (secondary N) is 2. The molecule has 0 saturated carbocycles. The normalized spacial score (nSPS) is 17.4. The highest BCUT2D eigenvalue weighted by atomic mass is 15.2. The topological polar surface area (TPSA) is 31.1 Å². The number of H-pyrrole nitrogens is 1. The SMILES string of the molecule is Cc1ccc2c(CN3CCNCC3)c[nH]c2c1C. The highest BCUT2D eigenvalue weighted by Gasteiger charge is 2.13. The van der Waals surface area contributed by atoms with E-state index in [1.165, 1.54) is 27.6 Å². The Morgan fingerprint density at radius 2 is 1.94 bits per heavy atom. The van der Waals surface area contributed by atoms with Crippen LogP contribution >= 0.6 is 0 Å². The summed E-state index contributed by atoms with van der Waals surface area (Å²) in [6.45, 7) is 9.95. The molecule has 0 aliphatic carbocycles. The second kappa shape index (κ2) is 4.75. The molecule has 2 N–H and O–H groups in total. The lowest BCUT2D eigenvalue weighted by molar-refractivity contribution is 0.234. The number of aryl methyl sites for hydroxylation is 2. The molecule has 2 heterocycles. The molecule has 96 valence electrons. The molecule has 1 aromatic carbocycles. The van der Waals surface area contributed by atoms with Crippen LogP contribution in [0.4, 0.5) is 0 Å². The van der Waals surface area contributed by atoms with Crippen LogP contribution in [0.3, 0.4) is 0 Å². The van der Waals surface area contributed by atoms with Crippen molar-refractivity contribution >= 4 is 10.9 Å². The average molecular weight is 243 g/mol. The van der Waals surface area contributed by atoms with Gasteiger partial charge in [0, 0.05) is 49.8 Å². The monoisotopic (exact) mass is 243 g/mol. The molecular formula is C15H21N3. The fourth-order valence-electron chi connectivity index (χ4n) is 2.75. The van der Waals surface area contributed by atoms with Gasteiger partial charge in [-0.05, 0) is 30.5 Å². The third-order valence-corrected chi connectivity index (χ3v) is 4.08. The molecule has 1 aliphatic rings. The van der Waals surface area contributed by atoms with Crippen LogP contribution in [-0.4, -0.2) is 36.1 Å². The zero-order chi connectivity index (χ0) is 12.5. The molecule has 0 unspecified atom stereocenters. The van der Waals surface area contributed by atoms with Crippen molar-refractivity contribution in [2.24, 2.45) is 0 Å². The maximum Gasteiger partial charge on any atom is 0.0489 e. The average Bonchev–Trinajstić information content (AvgIpc) is 2.79. The molecular weight excluding hydrogens is 222 g/mol. The molecule has 2 aromatic rings. The molecule has 18 heavy (non-hydrogen) atoms. The van der Waals surface area contributed by atoms with Crippen molar-refractivity contribution in [2.45, 2.75) is 20.4 Å². The Hall–Kier alpha value is -1.32. The standard InChI is InChI=1S/C15H21N3/c1-11-3-4-14-13(9-17-15(14)12(11)2)10-18-7-5-16-6-8-18/h3-4,9,16-17H,5-8,10H2,1-2H3. The Balaban J connectivity index is 1.90. The van der Waals surface area contributed by atoms with Gasteiger partial charge in [-0.3, -0.25) is 4.90 Å². The maximum absolute atomic E-state index is 3.44. The van der Waals surface area contributed by atoms with Crippen molar-refractivity contribution in [3.63, 3.8) is 0 Å². The van der Waals surface area contributed by atoms with E-state index in [1.807, 2.05) is 0 Å². The number of nitrogens with zero attached hydrogens (tertiary/aromatic N) is 1. The van der Waals surface area contributed by atoms with E-state index >= 15 is 0 Å². The summed E-state index contributed by atoms with van der Waals surface area (Å²) in [5.74, 6) is 0. The van der Waals surface area contributed by atoms with E-state index in [9.17, 15) is 0 Å². The Morgan fingerprint density at radius 1 is 1.17 bits per heavy atom. The second-order valence-electron chi connectivity index (χ2n) is 5.27. The predicted molar refractivity (Wildman–Crippen MR) is 75.9 cm³/mol. The molecule has 3 rings (SSSR count). The molecule has 3 nitrogen and oxygen atoms in total. The van der Waals surface area contributed by atoms with Crippen molar-refractivity contribution < 1.29 is 0 Å². The summed E-state index contributed by atoms with van der Waals surface area (Å²) in [5.41, 5.74) is 5.47. The zero-order valence-corrected chi connectivity index (χ0v) is 11.2. The minimum absolute atomic E-state index is 1.06. The van der Waals surface area contributed by atoms with Crippen LogP contribution in [0.2, 0.25) is 0 Å². The number of rotatable bonds is 2. The van der Waals surface area contributed by atoms with Crippen LogP contribution in [0.15, 0.2) is 18.3 Å². The van der Waals surface area contributed by atoms with Gasteiger partial charge in [0.25, 0.3) is 0 Å². The van der Waals surface area contributed by atoms with Crippen molar-refractivity contribution in [3.05, 3.63) is 35.0 Å². The minimum atomic E-state index is 1.06. The Morgan fingerprint density at radius 3 is 2.72 bits per heavy atom. The first-order valence-corrected chi connectivity index (χ1v) is 6.75. The van der Waals surface area contributed by atoms with Crippen LogP contribution in [-0.2, 0) is 6.54 Å². The van der Waals surface area contributed by atoms with Gasteiger partial charge in [0.1, 0.15) is 0 Å². The number of benzene rings is 1. The van der Waals surface area contributed by atoms with E-state index < -0.39 is 0 Å². The largest absolute Gasteiger partial charge is 0.361 e. The van der Waals surface area contributed by atoms with Crippen molar-refractivity contribution in [1.29, 1.82) is 0 Å². The molecule has 1 aromatic heterocycles. The molecule has 3 heteroatoms. The third-order valence-electron chi connectivity index (χ3n) is 4.08. The molecule has 1 aliphatic heterocycles. The van der Waals surface area contributed by atoms with Crippen LogP contribution < -0.4 is 5.32 Å². The first-order chi connectivity index (χ1) is 8.75. The van der Waals surface area contributed by atoms with Gasteiger partial charge >= 0.3 is 0 Å². The fraction of sp³-hybridized carbons (Fsp3) is 0.467. The van der Waals surface area contributed by atoms with Crippen LogP contribution in [0.25, 0.3) is 10.9 Å². The van der Waals surface area contributed by atoms with Crippen molar-refractivity contribution in [2.75, 3.05) is 26.2 Å². The van der Waals surface area contributed by atoms with Crippen molar-refractivity contribution in [3.8, 4) is 0 Å². The summed E-state index contributed by atoms with van der Waals surface area (Å²) < 4.78 is 0. The first kappa shape index (κ1) is 11.8. The molecule has 1 fully saturated rings. The number of aromatic nitrogens is 1. The Bertz CT molecular complexity index is 550. The molecule has 0 bridgehead atoms. The summed E-state index contributed by atoms with van der Waals surface area (Å²) in [4.78, 5) is 5.97. The van der Waals surface area contributed by atoms with Gasteiger partial charge < -0.3 is 10.3 Å². The molecule has 1 saturated heterocycles. The van der Waals surface area contributed by atoms with E-state index in [1.54, 1.807) is 0 Å². The Labute approximate surface area is 108 Å². The van der Waals surface area contributed by atoms with Crippen LogP contribution in [0, 0.1) is 13.8 Å². The number of aromatic amines is 1. The van der Waals surface area contributed by atoms with E-state index in [0.717, 1.165) is 32.7 Å². The zero-order valence-electron chi connectivity index (χ0n) is 11.2. The lowest BCUT2D eigenvalue weighted by Crippen LogP contribution is -2.42. The summed E-state index contributed by atoms with van der Waals surface area (Å²) in [5, 5.41) is 4.78. The lowest BCUT2D eigenvalue weighted by atomic mass is 10.0. The van der Waals surface area contributed by atoms with Gasteiger partial charge in [-0.25, -0.2) is 0 Å². The highest BCUT2D eigenvalue weighted by molar-refractivity contribution is 5.86. The van der Waals surface area contributed by atoms with Gasteiger partial charge in [-0.15, -0.1) is 0 Å².